The molecule has 0 saturated carbocycles. The van der Waals surface area contributed by atoms with Crippen LogP contribution in [0.1, 0.15) is 24.5 Å². The molecule has 0 spiro atoms. The summed E-state index contributed by atoms with van der Waals surface area (Å²) in [6.45, 7) is 4.40. The topological polar surface area (TPSA) is 56.8 Å². The van der Waals surface area contributed by atoms with E-state index < -0.39 is 0 Å². The molecule has 0 aromatic heterocycles. The third-order valence-corrected chi connectivity index (χ3v) is 4.02. The molecule has 140 valence electrons. The van der Waals surface area contributed by atoms with Crippen molar-refractivity contribution in [3.8, 4) is 17.2 Å². The Bertz CT molecular complexity index is 712. The molecule has 1 N–H and O–H groups in total. The molecule has 0 aliphatic heterocycles. The van der Waals surface area contributed by atoms with Gasteiger partial charge in [0.05, 0.1) is 20.3 Å². The fraction of sp³-hybridized carbons (Fsp3) is 0.381. The highest BCUT2D eigenvalue weighted by Crippen LogP contribution is 2.27. The number of ether oxygens (including phenoxy) is 3. The summed E-state index contributed by atoms with van der Waals surface area (Å²) in [5.74, 6) is 2.16. The Morgan fingerprint density at radius 2 is 1.73 bits per heavy atom. The van der Waals surface area contributed by atoms with E-state index in [0.717, 1.165) is 11.3 Å². The standard InChI is InChI=1S/C21H27NO4/c1-15-5-9-18(10-6-15)26-14-16(2)22-21(23)12-8-17-7-11-19(24-3)20(13-17)25-4/h5-7,9-11,13,16H,8,12,14H2,1-4H3,(H,22,23). The zero-order valence-electron chi connectivity index (χ0n) is 15.9. The molecule has 0 fully saturated rings. The van der Waals surface area contributed by atoms with Gasteiger partial charge in [0, 0.05) is 6.42 Å². The van der Waals surface area contributed by atoms with Crippen LogP contribution in [0.15, 0.2) is 42.5 Å². The van der Waals surface area contributed by atoms with E-state index in [4.69, 9.17) is 14.2 Å². The molecule has 26 heavy (non-hydrogen) atoms. The summed E-state index contributed by atoms with van der Waals surface area (Å²) < 4.78 is 16.2. The molecule has 1 unspecified atom stereocenters. The third kappa shape index (κ3) is 5.99. The lowest BCUT2D eigenvalue weighted by Crippen LogP contribution is -2.36. The number of benzene rings is 2. The average Bonchev–Trinajstić information content (AvgIpc) is 2.65. The fourth-order valence-electron chi connectivity index (χ4n) is 2.54. The zero-order valence-corrected chi connectivity index (χ0v) is 15.9. The lowest BCUT2D eigenvalue weighted by molar-refractivity contribution is -0.121. The summed E-state index contributed by atoms with van der Waals surface area (Å²) >= 11 is 0. The van der Waals surface area contributed by atoms with E-state index in [1.165, 1.54) is 5.56 Å². The zero-order chi connectivity index (χ0) is 18.9. The second-order valence-corrected chi connectivity index (χ2v) is 6.28. The van der Waals surface area contributed by atoms with Crippen LogP contribution < -0.4 is 19.5 Å². The molecule has 0 radical (unpaired) electrons. The van der Waals surface area contributed by atoms with Crippen LogP contribution in [0.3, 0.4) is 0 Å². The molecule has 0 bridgehead atoms. The minimum Gasteiger partial charge on any atom is -0.493 e. The first-order valence-corrected chi connectivity index (χ1v) is 8.71. The van der Waals surface area contributed by atoms with E-state index in [1.807, 2.05) is 56.3 Å². The van der Waals surface area contributed by atoms with Crippen molar-refractivity contribution in [3.63, 3.8) is 0 Å². The normalized spacial score (nSPS) is 11.5. The van der Waals surface area contributed by atoms with Gasteiger partial charge in [0.15, 0.2) is 11.5 Å². The number of hydrogen-bond donors (Lipinski definition) is 1. The molecular weight excluding hydrogens is 330 g/mol. The predicted molar refractivity (Wildman–Crippen MR) is 102 cm³/mol. The molecule has 2 aromatic carbocycles. The van der Waals surface area contributed by atoms with Gasteiger partial charge in [-0.1, -0.05) is 23.8 Å². The van der Waals surface area contributed by atoms with Crippen LogP contribution in [0.25, 0.3) is 0 Å². The largest absolute Gasteiger partial charge is 0.493 e. The van der Waals surface area contributed by atoms with Crippen molar-refractivity contribution in [3.05, 3.63) is 53.6 Å². The monoisotopic (exact) mass is 357 g/mol. The number of amides is 1. The maximum Gasteiger partial charge on any atom is 0.220 e. The first-order chi connectivity index (χ1) is 12.5. The Hall–Kier alpha value is -2.69. The SMILES string of the molecule is COc1ccc(CCC(=O)NC(C)COc2ccc(C)cc2)cc1OC. The average molecular weight is 357 g/mol. The van der Waals surface area contributed by atoms with Crippen molar-refractivity contribution in [1.82, 2.24) is 5.32 Å². The molecule has 0 aliphatic rings. The Morgan fingerprint density at radius 1 is 1.04 bits per heavy atom. The first-order valence-electron chi connectivity index (χ1n) is 8.71. The summed E-state index contributed by atoms with van der Waals surface area (Å²) in [6, 6.07) is 13.5. The van der Waals surface area contributed by atoms with Crippen LogP contribution in [0.5, 0.6) is 17.2 Å². The summed E-state index contributed by atoms with van der Waals surface area (Å²) in [5, 5.41) is 2.96. The Kier molecular flexibility index (Phi) is 7.33. The van der Waals surface area contributed by atoms with Crippen LogP contribution in [0.2, 0.25) is 0 Å². The number of aryl methyl sites for hydroxylation is 2. The van der Waals surface area contributed by atoms with E-state index in [9.17, 15) is 4.79 Å². The Morgan fingerprint density at radius 3 is 2.38 bits per heavy atom. The van der Waals surface area contributed by atoms with Crippen LogP contribution >= 0.6 is 0 Å². The first kappa shape index (κ1) is 19.6. The highest BCUT2D eigenvalue weighted by atomic mass is 16.5. The minimum absolute atomic E-state index is 0.000194. The molecule has 2 aromatic rings. The quantitative estimate of drug-likeness (QED) is 0.746. The molecular formula is C21H27NO4. The van der Waals surface area contributed by atoms with Crippen molar-refractivity contribution in [1.29, 1.82) is 0 Å². The molecule has 0 heterocycles. The molecule has 0 aliphatic carbocycles. The van der Waals surface area contributed by atoms with Gasteiger partial charge < -0.3 is 19.5 Å². The maximum absolute atomic E-state index is 12.1. The summed E-state index contributed by atoms with van der Waals surface area (Å²) in [7, 11) is 3.20. The van der Waals surface area contributed by atoms with Gasteiger partial charge in [0.25, 0.3) is 0 Å². The Labute approximate surface area is 155 Å². The predicted octanol–water partition coefficient (Wildman–Crippen LogP) is 3.53. The summed E-state index contributed by atoms with van der Waals surface area (Å²) in [6.07, 6.45) is 1.04. The molecule has 0 saturated heterocycles. The van der Waals surface area contributed by atoms with E-state index in [-0.39, 0.29) is 11.9 Å². The fourth-order valence-corrected chi connectivity index (χ4v) is 2.54. The van der Waals surface area contributed by atoms with Crippen molar-refractivity contribution < 1.29 is 19.0 Å². The van der Waals surface area contributed by atoms with Gasteiger partial charge >= 0.3 is 0 Å². The van der Waals surface area contributed by atoms with E-state index >= 15 is 0 Å². The Balaban J connectivity index is 1.76. The van der Waals surface area contributed by atoms with E-state index in [1.54, 1.807) is 14.2 Å². The van der Waals surface area contributed by atoms with Crippen LogP contribution in [0, 0.1) is 6.92 Å². The van der Waals surface area contributed by atoms with Crippen LogP contribution in [-0.4, -0.2) is 32.8 Å². The second-order valence-electron chi connectivity index (χ2n) is 6.28. The number of rotatable bonds is 9. The van der Waals surface area contributed by atoms with Gasteiger partial charge in [0.2, 0.25) is 5.91 Å². The van der Waals surface area contributed by atoms with Gasteiger partial charge in [-0.25, -0.2) is 0 Å². The summed E-state index contributed by atoms with van der Waals surface area (Å²) in [4.78, 5) is 12.1. The van der Waals surface area contributed by atoms with Gasteiger partial charge in [-0.2, -0.15) is 0 Å². The smallest absolute Gasteiger partial charge is 0.220 e. The van der Waals surface area contributed by atoms with Gasteiger partial charge in [-0.3, -0.25) is 4.79 Å². The number of hydrogen-bond acceptors (Lipinski definition) is 4. The highest BCUT2D eigenvalue weighted by Gasteiger charge is 2.10. The highest BCUT2D eigenvalue weighted by molar-refractivity contribution is 5.76. The minimum atomic E-state index is -0.0609. The maximum atomic E-state index is 12.1. The third-order valence-electron chi connectivity index (χ3n) is 4.02. The van der Waals surface area contributed by atoms with E-state index in [2.05, 4.69) is 5.32 Å². The van der Waals surface area contributed by atoms with Gasteiger partial charge in [0.1, 0.15) is 12.4 Å². The number of methoxy groups -OCH3 is 2. The lowest BCUT2D eigenvalue weighted by atomic mass is 10.1. The van der Waals surface area contributed by atoms with E-state index in [0.29, 0.717) is 30.9 Å². The molecule has 2 rings (SSSR count). The van der Waals surface area contributed by atoms with Gasteiger partial charge in [-0.05, 0) is 50.1 Å². The van der Waals surface area contributed by atoms with Crippen molar-refractivity contribution >= 4 is 5.91 Å². The van der Waals surface area contributed by atoms with Crippen LogP contribution in [0.4, 0.5) is 0 Å². The lowest BCUT2D eigenvalue weighted by Gasteiger charge is -2.15. The molecule has 5 nitrogen and oxygen atoms in total. The molecule has 5 heteroatoms. The van der Waals surface area contributed by atoms with Crippen molar-refractivity contribution in [2.45, 2.75) is 32.7 Å². The van der Waals surface area contributed by atoms with Gasteiger partial charge in [-0.15, -0.1) is 0 Å². The number of carbonyl (C=O) groups excluding carboxylic acids is 1. The van der Waals surface area contributed by atoms with Crippen LogP contribution in [-0.2, 0) is 11.2 Å². The number of carbonyl (C=O) groups is 1. The van der Waals surface area contributed by atoms with Crippen molar-refractivity contribution in [2.24, 2.45) is 0 Å². The molecule has 1 atom stereocenters. The van der Waals surface area contributed by atoms with Crippen molar-refractivity contribution in [2.75, 3.05) is 20.8 Å². The summed E-state index contributed by atoms with van der Waals surface area (Å²) in [5.41, 5.74) is 2.22. The number of nitrogens with one attached hydrogen (secondary N) is 1. The second kappa shape index (κ2) is 9.70. The molecule has 1 amide bonds.